The van der Waals surface area contributed by atoms with E-state index in [1.54, 1.807) is 26.4 Å². The highest BCUT2D eigenvalue weighted by Gasteiger charge is 2.19. The molecule has 0 aromatic heterocycles. The van der Waals surface area contributed by atoms with Gasteiger partial charge in [0, 0.05) is 17.1 Å². The van der Waals surface area contributed by atoms with Crippen LogP contribution in [0.4, 0.5) is 0 Å². The molecule has 0 aliphatic carbocycles. The SMILES string of the molecule is COc1ccc(C(C)NC(C)C(O)c2ccc(Cl)cc2)cc1OC. The van der Waals surface area contributed by atoms with Gasteiger partial charge in [-0.2, -0.15) is 0 Å². The lowest BCUT2D eigenvalue weighted by atomic mass is 10.0. The molecule has 0 fully saturated rings. The molecule has 24 heavy (non-hydrogen) atoms. The molecule has 0 amide bonds. The van der Waals surface area contributed by atoms with E-state index in [2.05, 4.69) is 5.32 Å². The average Bonchev–Trinajstić information content (AvgIpc) is 2.60. The lowest BCUT2D eigenvalue weighted by Crippen LogP contribution is -2.34. The number of hydrogen-bond donors (Lipinski definition) is 2. The zero-order valence-electron chi connectivity index (χ0n) is 14.4. The molecular weight excluding hydrogens is 326 g/mol. The molecule has 0 aliphatic rings. The number of aliphatic hydroxyl groups is 1. The van der Waals surface area contributed by atoms with Gasteiger partial charge in [-0.05, 0) is 49.2 Å². The van der Waals surface area contributed by atoms with Crippen LogP contribution in [0.5, 0.6) is 11.5 Å². The Morgan fingerprint density at radius 1 is 0.917 bits per heavy atom. The van der Waals surface area contributed by atoms with Crippen molar-refractivity contribution in [2.75, 3.05) is 14.2 Å². The largest absolute Gasteiger partial charge is 0.493 e. The maximum atomic E-state index is 10.5. The number of benzene rings is 2. The van der Waals surface area contributed by atoms with Gasteiger partial charge in [-0.1, -0.05) is 29.8 Å². The summed E-state index contributed by atoms with van der Waals surface area (Å²) >= 11 is 5.89. The lowest BCUT2D eigenvalue weighted by Gasteiger charge is -2.25. The second-order valence-electron chi connectivity index (χ2n) is 5.79. The molecule has 130 valence electrons. The molecule has 4 nitrogen and oxygen atoms in total. The van der Waals surface area contributed by atoms with Crippen LogP contribution in [0.2, 0.25) is 5.02 Å². The highest BCUT2D eigenvalue weighted by molar-refractivity contribution is 6.30. The van der Waals surface area contributed by atoms with Crippen molar-refractivity contribution in [3.8, 4) is 11.5 Å². The number of hydrogen-bond acceptors (Lipinski definition) is 4. The Morgan fingerprint density at radius 2 is 1.50 bits per heavy atom. The van der Waals surface area contributed by atoms with Crippen LogP contribution in [0.15, 0.2) is 42.5 Å². The zero-order chi connectivity index (χ0) is 17.7. The lowest BCUT2D eigenvalue weighted by molar-refractivity contribution is 0.130. The Bertz CT molecular complexity index is 660. The highest BCUT2D eigenvalue weighted by atomic mass is 35.5. The molecule has 2 aromatic rings. The van der Waals surface area contributed by atoms with Crippen molar-refractivity contribution < 1.29 is 14.6 Å². The van der Waals surface area contributed by atoms with Gasteiger partial charge in [0.2, 0.25) is 0 Å². The second-order valence-corrected chi connectivity index (χ2v) is 6.22. The van der Waals surface area contributed by atoms with Crippen LogP contribution in [-0.2, 0) is 0 Å². The molecule has 0 bridgehead atoms. The minimum atomic E-state index is -0.620. The van der Waals surface area contributed by atoms with Crippen LogP contribution in [0, 0.1) is 0 Å². The van der Waals surface area contributed by atoms with Crippen molar-refractivity contribution in [1.29, 1.82) is 0 Å². The van der Waals surface area contributed by atoms with E-state index in [-0.39, 0.29) is 12.1 Å². The first-order chi connectivity index (χ1) is 11.5. The summed E-state index contributed by atoms with van der Waals surface area (Å²) in [6.07, 6.45) is -0.620. The number of rotatable bonds is 7. The van der Waals surface area contributed by atoms with Crippen molar-refractivity contribution in [3.63, 3.8) is 0 Å². The fraction of sp³-hybridized carbons (Fsp3) is 0.368. The smallest absolute Gasteiger partial charge is 0.161 e. The third kappa shape index (κ3) is 4.41. The molecular formula is C19H24ClNO3. The zero-order valence-corrected chi connectivity index (χ0v) is 15.2. The number of aliphatic hydroxyl groups excluding tert-OH is 1. The van der Waals surface area contributed by atoms with E-state index >= 15 is 0 Å². The highest BCUT2D eigenvalue weighted by Crippen LogP contribution is 2.30. The Kier molecular flexibility index (Phi) is 6.49. The van der Waals surface area contributed by atoms with Crippen LogP contribution in [0.3, 0.4) is 0 Å². The summed E-state index contributed by atoms with van der Waals surface area (Å²) in [4.78, 5) is 0. The van der Waals surface area contributed by atoms with Gasteiger partial charge in [0.15, 0.2) is 11.5 Å². The molecule has 5 heteroatoms. The summed E-state index contributed by atoms with van der Waals surface area (Å²) in [7, 11) is 3.23. The Labute approximate surface area is 148 Å². The number of methoxy groups -OCH3 is 2. The van der Waals surface area contributed by atoms with Crippen molar-refractivity contribution >= 4 is 11.6 Å². The van der Waals surface area contributed by atoms with Gasteiger partial charge in [0.25, 0.3) is 0 Å². The third-order valence-corrected chi connectivity index (χ3v) is 4.36. The maximum absolute atomic E-state index is 10.5. The first-order valence-corrected chi connectivity index (χ1v) is 8.25. The van der Waals surface area contributed by atoms with E-state index < -0.39 is 6.10 Å². The van der Waals surface area contributed by atoms with Gasteiger partial charge in [-0.25, -0.2) is 0 Å². The standard InChI is InChI=1S/C19H24ClNO3/c1-12(15-7-10-17(23-3)18(11-15)24-4)21-13(2)19(22)14-5-8-16(20)9-6-14/h5-13,19,21-22H,1-4H3. The monoisotopic (exact) mass is 349 g/mol. The van der Waals surface area contributed by atoms with Crippen LogP contribution < -0.4 is 14.8 Å². The normalized spacial score (nSPS) is 14.8. The van der Waals surface area contributed by atoms with Crippen molar-refractivity contribution in [1.82, 2.24) is 5.32 Å². The number of ether oxygens (including phenoxy) is 2. The Hall–Kier alpha value is -1.75. The summed E-state index contributed by atoms with van der Waals surface area (Å²) in [6.45, 7) is 4.00. The van der Waals surface area contributed by atoms with Crippen LogP contribution in [0.25, 0.3) is 0 Å². The maximum Gasteiger partial charge on any atom is 0.161 e. The molecule has 0 spiro atoms. The number of halogens is 1. The Balaban J connectivity index is 2.07. The fourth-order valence-electron chi connectivity index (χ4n) is 2.65. The fourth-order valence-corrected chi connectivity index (χ4v) is 2.78. The van der Waals surface area contributed by atoms with Crippen LogP contribution in [-0.4, -0.2) is 25.4 Å². The molecule has 2 N–H and O–H groups in total. The molecule has 2 rings (SSSR count). The van der Waals surface area contributed by atoms with Crippen molar-refractivity contribution in [2.45, 2.75) is 32.0 Å². The predicted octanol–water partition coefficient (Wildman–Crippen LogP) is 4.13. The summed E-state index contributed by atoms with van der Waals surface area (Å²) in [6, 6.07) is 13.0. The number of nitrogens with one attached hydrogen (secondary N) is 1. The molecule has 0 saturated carbocycles. The molecule has 0 radical (unpaired) electrons. The van der Waals surface area contributed by atoms with Gasteiger partial charge >= 0.3 is 0 Å². The van der Waals surface area contributed by atoms with E-state index in [1.807, 2.05) is 44.2 Å². The molecule has 3 unspecified atom stereocenters. The summed E-state index contributed by atoms with van der Waals surface area (Å²) < 4.78 is 10.6. The van der Waals surface area contributed by atoms with Gasteiger partial charge in [0.05, 0.1) is 20.3 Å². The summed E-state index contributed by atoms with van der Waals surface area (Å²) in [5.41, 5.74) is 1.89. The minimum Gasteiger partial charge on any atom is -0.493 e. The van der Waals surface area contributed by atoms with Crippen molar-refractivity contribution in [2.24, 2.45) is 0 Å². The van der Waals surface area contributed by atoms with E-state index in [1.165, 1.54) is 0 Å². The quantitative estimate of drug-likeness (QED) is 0.789. The van der Waals surface area contributed by atoms with E-state index in [0.717, 1.165) is 11.1 Å². The molecule has 0 heterocycles. The second kappa shape index (κ2) is 8.38. The van der Waals surface area contributed by atoms with E-state index in [0.29, 0.717) is 16.5 Å². The average molecular weight is 350 g/mol. The minimum absolute atomic E-state index is 0.0433. The summed E-state index contributed by atoms with van der Waals surface area (Å²) in [5, 5.41) is 14.6. The first-order valence-electron chi connectivity index (χ1n) is 7.87. The van der Waals surface area contributed by atoms with Crippen LogP contribution in [0.1, 0.15) is 37.1 Å². The molecule has 0 saturated heterocycles. The third-order valence-electron chi connectivity index (χ3n) is 4.11. The van der Waals surface area contributed by atoms with Gasteiger partial charge < -0.3 is 19.9 Å². The van der Waals surface area contributed by atoms with Crippen LogP contribution >= 0.6 is 11.6 Å². The van der Waals surface area contributed by atoms with E-state index in [9.17, 15) is 5.11 Å². The van der Waals surface area contributed by atoms with Gasteiger partial charge in [-0.3, -0.25) is 0 Å². The summed E-state index contributed by atoms with van der Waals surface area (Å²) in [5.74, 6) is 1.39. The first kappa shape index (κ1) is 18.6. The topological polar surface area (TPSA) is 50.7 Å². The molecule has 3 atom stereocenters. The van der Waals surface area contributed by atoms with Gasteiger partial charge in [0.1, 0.15) is 0 Å². The predicted molar refractivity (Wildman–Crippen MR) is 97.0 cm³/mol. The van der Waals surface area contributed by atoms with E-state index in [4.69, 9.17) is 21.1 Å². The molecule has 0 aliphatic heterocycles. The Morgan fingerprint density at radius 3 is 2.08 bits per heavy atom. The molecule has 2 aromatic carbocycles. The van der Waals surface area contributed by atoms with Crippen molar-refractivity contribution in [3.05, 3.63) is 58.6 Å². The van der Waals surface area contributed by atoms with Gasteiger partial charge in [-0.15, -0.1) is 0 Å².